The predicted molar refractivity (Wildman–Crippen MR) is 77.4 cm³/mol. The SMILES string of the molecule is CN(Cc1ccccc1F)S(=O)(=O)c1ccc(CO)cc1. The van der Waals surface area contributed by atoms with Crippen LogP contribution in [0.5, 0.6) is 0 Å². The van der Waals surface area contributed by atoms with Crippen molar-refractivity contribution in [3.8, 4) is 0 Å². The number of hydrogen-bond acceptors (Lipinski definition) is 3. The van der Waals surface area contributed by atoms with E-state index in [4.69, 9.17) is 5.11 Å². The molecule has 0 unspecified atom stereocenters. The zero-order chi connectivity index (χ0) is 15.5. The molecule has 0 aliphatic rings. The van der Waals surface area contributed by atoms with E-state index >= 15 is 0 Å². The van der Waals surface area contributed by atoms with Crippen molar-refractivity contribution in [2.24, 2.45) is 0 Å². The van der Waals surface area contributed by atoms with Gasteiger partial charge >= 0.3 is 0 Å². The number of benzene rings is 2. The third kappa shape index (κ3) is 3.47. The summed E-state index contributed by atoms with van der Waals surface area (Å²) in [5.41, 5.74) is 0.946. The molecule has 21 heavy (non-hydrogen) atoms. The normalized spacial score (nSPS) is 11.8. The van der Waals surface area contributed by atoms with Crippen LogP contribution < -0.4 is 0 Å². The third-order valence-electron chi connectivity index (χ3n) is 3.16. The molecule has 0 radical (unpaired) electrons. The van der Waals surface area contributed by atoms with Gasteiger partial charge in [0.1, 0.15) is 5.82 Å². The molecule has 4 nitrogen and oxygen atoms in total. The number of hydrogen-bond donors (Lipinski definition) is 1. The zero-order valence-electron chi connectivity index (χ0n) is 11.5. The van der Waals surface area contributed by atoms with Crippen molar-refractivity contribution in [2.75, 3.05) is 7.05 Å². The van der Waals surface area contributed by atoms with Gasteiger partial charge in [-0.25, -0.2) is 12.8 Å². The minimum absolute atomic E-state index is 0.0449. The van der Waals surface area contributed by atoms with Gasteiger partial charge < -0.3 is 5.11 Å². The van der Waals surface area contributed by atoms with Crippen LogP contribution in [0.3, 0.4) is 0 Å². The van der Waals surface area contributed by atoms with Crippen molar-refractivity contribution < 1.29 is 17.9 Å². The van der Waals surface area contributed by atoms with E-state index in [1.807, 2.05) is 0 Å². The van der Waals surface area contributed by atoms with Crippen LogP contribution >= 0.6 is 0 Å². The summed E-state index contributed by atoms with van der Waals surface area (Å²) in [4.78, 5) is 0.110. The van der Waals surface area contributed by atoms with Gasteiger partial charge in [-0.3, -0.25) is 0 Å². The summed E-state index contributed by atoms with van der Waals surface area (Å²) in [6, 6.07) is 12.0. The molecule has 0 spiro atoms. The van der Waals surface area contributed by atoms with Crippen LogP contribution in [0.2, 0.25) is 0 Å². The van der Waals surface area contributed by atoms with Gasteiger partial charge in [0.25, 0.3) is 0 Å². The van der Waals surface area contributed by atoms with Gasteiger partial charge in [-0.2, -0.15) is 4.31 Å². The van der Waals surface area contributed by atoms with Gasteiger partial charge in [0.2, 0.25) is 10.0 Å². The Morgan fingerprint density at radius 3 is 2.29 bits per heavy atom. The standard InChI is InChI=1S/C15H16FNO3S/c1-17(10-13-4-2-3-5-15(13)16)21(19,20)14-8-6-12(11-18)7-9-14/h2-9,18H,10-11H2,1H3. The molecule has 6 heteroatoms. The fourth-order valence-electron chi connectivity index (χ4n) is 1.90. The first-order valence-electron chi connectivity index (χ1n) is 6.34. The summed E-state index contributed by atoms with van der Waals surface area (Å²) in [6.07, 6.45) is 0. The molecule has 0 amide bonds. The third-order valence-corrected chi connectivity index (χ3v) is 4.98. The second-order valence-corrected chi connectivity index (χ2v) is 6.70. The molecule has 0 fully saturated rings. The number of aliphatic hydroxyl groups excluding tert-OH is 1. The highest BCUT2D eigenvalue weighted by atomic mass is 32.2. The molecule has 2 aromatic carbocycles. The molecule has 0 heterocycles. The number of rotatable bonds is 5. The van der Waals surface area contributed by atoms with Gasteiger partial charge in [0.05, 0.1) is 11.5 Å². The summed E-state index contributed by atoms with van der Waals surface area (Å²) in [5.74, 6) is -0.435. The van der Waals surface area contributed by atoms with E-state index in [1.165, 1.54) is 25.2 Å². The maximum atomic E-state index is 13.6. The quantitative estimate of drug-likeness (QED) is 0.920. The molecule has 0 atom stereocenters. The molecule has 0 saturated carbocycles. The number of aliphatic hydroxyl groups is 1. The Morgan fingerprint density at radius 1 is 1.10 bits per heavy atom. The van der Waals surface area contributed by atoms with Crippen LogP contribution in [-0.2, 0) is 23.2 Å². The summed E-state index contributed by atoms with van der Waals surface area (Å²) < 4.78 is 39.5. The molecule has 112 valence electrons. The summed E-state index contributed by atoms with van der Waals surface area (Å²) in [7, 11) is -2.29. The first-order valence-corrected chi connectivity index (χ1v) is 7.78. The fraction of sp³-hybridized carbons (Fsp3) is 0.200. The van der Waals surface area contributed by atoms with Crippen molar-refractivity contribution >= 4 is 10.0 Å². The Morgan fingerprint density at radius 2 is 1.71 bits per heavy atom. The molecule has 1 N–H and O–H groups in total. The molecule has 0 bridgehead atoms. The van der Waals surface area contributed by atoms with Crippen LogP contribution in [0.15, 0.2) is 53.4 Å². The van der Waals surface area contributed by atoms with E-state index < -0.39 is 15.8 Å². The van der Waals surface area contributed by atoms with Crippen LogP contribution in [0.25, 0.3) is 0 Å². The summed E-state index contributed by atoms with van der Waals surface area (Å²) in [6.45, 7) is -0.192. The van der Waals surface area contributed by atoms with Gasteiger partial charge in [-0.1, -0.05) is 30.3 Å². The zero-order valence-corrected chi connectivity index (χ0v) is 12.3. The van der Waals surface area contributed by atoms with E-state index in [2.05, 4.69) is 0 Å². The predicted octanol–water partition coefficient (Wildman–Crippen LogP) is 2.14. The monoisotopic (exact) mass is 309 g/mol. The minimum atomic E-state index is -3.69. The molecule has 0 aromatic heterocycles. The van der Waals surface area contributed by atoms with Gasteiger partial charge in [0, 0.05) is 19.2 Å². The lowest BCUT2D eigenvalue weighted by Gasteiger charge is -2.17. The number of sulfonamides is 1. The fourth-order valence-corrected chi connectivity index (χ4v) is 3.05. The second-order valence-electron chi connectivity index (χ2n) is 4.65. The van der Waals surface area contributed by atoms with Crippen LogP contribution in [0, 0.1) is 5.82 Å². The van der Waals surface area contributed by atoms with Gasteiger partial charge in [-0.05, 0) is 23.8 Å². The van der Waals surface area contributed by atoms with E-state index in [-0.39, 0.29) is 18.0 Å². The summed E-state index contributed by atoms with van der Waals surface area (Å²) >= 11 is 0. The molecule has 2 aromatic rings. The van der Waals surface area contributed by atoms with Crippen molar-refractivity contribution in [1.82, 2.24) is 4.31 Å². The second kappa shape index (κ2) is 6.34. The maximum absolute atomic E-state index is 13.6. The highest BCUT2D eigenvalue weighted by molar-refractivity contribution is 7.89. The molecule has 2 rings (SSSR count). The Bertz CT molecular complexity index is 714. The van der Waals surface area contributed by atoms with E-state index in [0.717, 1.165) is 4.31 Å². The Balaban J connectivity index is 2.24. The van der Waals surface area contributed by atoms with Crippen molar-refractivity contribution in [3.05, 3.63) is 65.5 Å². The first kappa shape index (κ1) is 15.6. The smallest absolute Gasteiger partial charge is 0.243 e. The Hall–Kier alpha value is -1.76. The largest absolute Gasteiger partial charge is 0.392 e. The summed E-state index contributed by atoms with van der Waals surface area (Å²) in [5, 5.41) is 8.96. The lowest BCUT2D eigenvalue weighted by Crippen LogP contribution is -2.26. The van der Waals surface area contributed by atoms with E-state index in [9.17, 15) is 12.8 Å². The first-order chi connectivity index (χ1) is 9.95. The molecular formula is C15H16FNO3S. The lowest BCUT2D eigenvalue weighted by molar-refractivity contribution is 0.281. The number of nitrogens with zero attached hydrogens (tertiary/aromatic N) is 1. The lowest BCUT2D eigenvalue weighted by atomic mass is 10.2. The van der Waals surface area contributed by atoms with Crippen molar-refractivity contribution in [3.63, 3.8) is 0 Å². The van der Waals surface area contributed by atoms with Gasteiger partial charge in [0.15, 0.2) is 0 Å². The van der Waals surface area contributed by atoms with Gasteiger partial charge in [-0.15, -0.1) is 0 Å². The minimum Gasteiger partial charge on any atom is -0.392 e. The highest BCUT2D eigenvalue weighted by Gasteiger charge is 2.21. The Kier molecular flexibility index (Phi) is 4.72. The maximum Gasteiger partial charge on any atom is 0.243 e. The number of halogens is 1. The molecule has 0 aliphatic heterocycles. The average Bonchev–Trinajstić information content (AvgIpc) is 2.49. The molecular weight excluding hydrogens is 293 g/mol. The van der Waals surface area contributed by atoms with E-state index in [0.29, 0.717) is 11.1 Å². The van der Waals surface area contributed by atoms with Crippen LogP contribution in [-0.4, -0.2) is 24.9 Å². The van der Waals surface area contributed by atoms with Crippen molar-refractivity contribution in [1.29, 1.82) is 0 Å². The molecule has 0 saturated heterocycles. The Labute approximate surface area is 123 Å². The topological polar surface area (TPSA) is 57.6 Å². The molecule has 0 aliphatic carbocycles. The average molecular weight is 309 g/mol. The highest BCUT2D eigenvalue weighted by Crippen LogP contribution is 2.18. The van der Waals surface area contributed by atoms with Crippen LogP contribution in [0.4, 0.5) is 4.39 Å². The van der Waals surface area contributed by atoms with E-state index in [1.54, 1.807) is 30.3 Å². The van der Waals surface area contributed by atoms with Crippen LogP contribution in [0.1, 0.15) is 11.1 Å². The van der Waals surface area contributed by atoms with Crippen molar-refractivity contribution in [2.45, 2.75) is 18.0 Å².